The zero-order valence-corrected chi connectivity index (χ0v) is 14.9. The van der Waals surface area contributed by atoms with E-state index >= 15 is 0 Å². The number of imide groups is 1. The molecule has 2 aromatic rings. The van der Waals surface area contributed by atoms with E-state index in [0.717, 1.165) is 26.2 Å². The molecule has 0 bridgehead atoms. The number of halogens is 1. The van der Waals surface area contributed by atoms with Gasteiger partial charge in [-0.25, -0.2) is 4.79 Å². The van der Waals surface area contributed by atoms with Crippen molar-refractivity contribution in [2.75, 3.05) is 6.54 Å². The van der Waals surface area contributed by atoms with Crippen LogP contribution in [-0.2, 0) is 16.8 Å². The summed E-state index contributed by atoms with van der Waals surface area (Å²) in [6, 6.07) is 10.6. The number of rotatable bonds is 3. The van der Waals surface area contributed by atoms with Crippen LogP contribution in [-0.4, -0.2) is 29.2 Å². The number of benzene rings is 1. The molecule has 1 saturated heterocycles. The average Bonchev–Trinajstić information content (AvgIpc) is 3.22. The van der Waals surface area contributed by atoms with Gasteiger partial charge in [-0.1, -0.05) is 24.3 Å². The van der Waals surface area contributed by atoms with Gasteiger partial charge in [-0.3, -0.25) is 14.5 Å². The van der Waals surface area contributed by atoms with Crippen molar-refractivity contribution >= 4 is 45.0 Å². The maximum Gasteiger partial charge on any atom is 0.325 e. The Kier molecular flexibility index (Phi) is 3.58. The third kappa shape index (κ3) is 2.22. The Bertz CT molecular complexity index is 878. The molecule has 5 nitrogen and oxygen atoms in total. The Hall–Kier alpha value is -1.99. The zero-order chi connectivity index (χ0) is 16.9. The summed E-state index contributed by atoms with van der Waals surface area (Å²) in [4.78, 5) is 39.3. The number of amides is 3. The second kappa shape index (κ2) is 5.53. The normalized spacial score (nSPS) is 22.1. The third-order valence-electron chi connectivity index (χ3n) is 4.57. The maximum absolute atomic E-state index is 13.0. The molecular formula is C17H13BrN2O3S. The number of fused-ring (bicyclic) bond motifs is 2. The molecule has 1 aliphatic heterocycles. The molecule has 1 fully saturated rings. The molecule has 0 radical (unpaired) electrons. The number of nitrogens with zero attached hydrogens (tertiary/aromatic N) is 1. The topological polar surface area (TPSA) is 66.5 Å². The Morgan fingerprint density at radius 1 is 1.25 bits per heavy atom. The van der Waals surface area contributed by atoms with Crippen molar-refractivity contribution in [3.8, 4) is 0 Å². The summed E-state index contributed by atoms with van der Waals surface area (Å²) in [5, 5.41) is 2.83. The number of nitrogens with one attached hydrogen (secondary N) is 1. The standard InChI is InChI=1S/C17H13BrN2O3S/c18-14-6-5-13(24-14)12(21)9-20-15(22)17(19-16(20)23)8-7-10-3-1-2-4-11(10)17/h1-6H,7-9H2,(H,19,23)/t17-/m0/s1. The quantitative estimate of drug-likeness (QED) is 0.631. The minimum Gasteiger partial charge on any atom is -0.319 e. The summed E-state index contributed by atoms with van der Waals surface area (Å²) < 4.78 is 0.837. The number of thiophene rings is 1. The average molecular weight is 405 g/mol. The van der Waals surface area contributed by atoms with Crippen LogP contribution in [0.3, 0.4) is 0 Å². The molecule has 4 rings (SSSR count). The van der Waals surface area contributed by atoms with Gasteiger partial charge in [0.15, 0.2) is 5.78 Å². The van der Waals surface area contributed by atoms with Gasteiger partial charge in [0.2, 0.25) is 0 Å². The largest absolute Gasteiger partial charge is 0.325 e. The van der Waals surface area contributed by atoms with E-state index in [2.05, 4.69) is 21.2 Å². The maximum atomic E-state index is 13.0. The lowest BCUT2D eigenvalue weighted by Gasteiger charge is -2.22. The number of ketones is 1. The highest BCUT2D eigenvalue weighted by atomic mass is 79.9. The number of Topliss-reactive ketones (excluding diaryl/α,β-unsaturated/α-hetero) is 1. The lowest BCUT2D eigenvalue weighted by atomic mass is 9.92. The fraction of sp³-hybridized carbons (Fsp3) is 0.235. The number of aryl methyl sites for hydroxylation is 1. The SMILES string of the molecule is O=C(CN1C(=O)N[C@]2(CCc3ccccc32)C1=O)c1ccc(Br)s1. The highest BCUT2D eigenvalue weighted by molar-refractivity contribution is 9.11. The first-order valence-electron chi connectivity index (χ1n) is 7.52. The highest BCUT2D eigenvalue weighted by Gasteiger charge is 2.55. The molecule has 122 valence electrons. The van der Waals surface area contributed by atoms with Crippen LogP contribution in [0.4, 0.5) is 4.79 Å². The van der Waals surface area contributed by atoms with Crippen LogP contribution in [0.25, 0.3) is 0 Å². The van der Waals surface area contributed by atoms with Gasteiger partial charge in [0.1, 0.15) is 5.54 Å². The van der Waals surface area contributed by atoms with Crippen LogP contribution < -0.4 is 5.32 Å². The predicted octanol–water partition coefficient (Wildman–Crippen LogP) is 3.09. The van der Waals surface area contributed by atoms with Gasteiger partial charge < -0.3 is 5.32 Å². The van der Waals surface area contributed by atoms with Gasteiger partial charge in [0.25, 0.3) is 5.91 Å². The lowest BCUT2D eigenvalue weighted by Crippen LogP contribution is -2.42. The second-order valence-electron chi connectivity index (χ2n) is 5.91. The molecule has 1 aliphatic carbocycles. The van der Waals surface area contributed by atoms with E-state index in [0.29, 0.717) is 11.3 Å². The summed E-state index contributed by atoms with van der Waals surface area (Å²) in [5.74, 6) is -0.570. The van der Waals surface area contributed by atoms with Crippen molar-refractivity contribution < 1.29 is 14.4 Å². The fourth-order valence-corrected chi connectivity index (χ4v) is 4.73. The van der Waals surface area contributed by atoms with Gasteiger partial charge in [0.05, 0.1) is 15.2 Å². The Labute approximate surface area is 150 Å². The minimum absolute atomic E-state index is 0.235. The van der Waals surface area contributed by atoms with Crippen LogP contribution in [0.15, 0.2) is 40.2 Å². The molecule has 0 unspecified atom stereocenters. The van der Waals surface area contributed by atoms with Crippen LogP contribution in [0, 0.1) is 0 Å². The number of hydrogen-bond acceptors (Lipinski definition) is 4. The van der Waals surface area contributed by atoms with Crippen molar-refractivity contribution in [3.63, 3.8) is 0 Å². The van der Waals surface area contributed by atoms with Crippen LogP contribution in [0.1, 0.15) is 27.2 Å². The molecule has 1 aromatic heterocycles. The molecule has 1 aromatic carbocycles. The molecule has 2 heterocycles. The van der Waals surface area contributed by atoms with Gasteiger partial charge >= 0.3 is 6.03 Å². The molecule has 2 aliphatic rings. The summed E-state index contributed by atoms with van der Waals surface area (Å²) in [6.07, 6.45) is 1.27. The van der Waals surface area contributed by atoms with Crippen LogP contribution in [0.2, 0.25) is 0 Å². The molecule has 1 atom stereocenters. The Morgan fingerprint density at radius 2 is 2.04 bits per heavy atom. The molecule has 1 spiro atoms. The van der Waals surface area contributed by atoms with Crippen molar-refractivity contribution in [1.82, 2.24) is 10.2 Å². The molecular weight excluding hydrogens is 392 g/mol. The Morgan fingerprint density at radius 3 is 2.79 bits per heavy atom. The van der Waals surface area contributed by atoms with Crippen molar-refractivity contribution in [2.24, 2.45) is 0 Å². The number of urea groups is 1. The molecule has 3 amide bonds. The predicted molar refractivity (Wildman–Crippen MR) is 93.0 cm³/mol. The van der Waals surface area contributed by atoms with Crippen LogP contribution in [0.5, 0.6) is 0 Å². The van der Waals surface area contributed by atoms with E-state index in [1.54, 1.807) is 12.1 Å². The molecule has 0 saturated carbocycles. The second-order valence-corrected chi connectivity index (χ2v) is 8.37. The van der Waals surface area contributed by atoms with Gasteiger partial charge in [0, 0.05) is 0 Å². The zero-order valence-electron chi connectivity index (χ0n) is 12.5. The number of carbonyl (C=O) groups excluding carboxylic acids is 3. The highest BCUT2D eigenvalue weighted by Crippen LogP contribution is 2.41. The van der Waals surface area contributed by atoms with Crippen molar-refractivity contribution in [1.29, 1.82) is 0 Å². The lowest BCUT2D eigenvalue weighted by molar-refractivity contribution is -0.131. The smallest absolute Gasteiger partial charge is 0.319 e. The first-order valence-corrected chi connectivity index (χ1v) is 9.13. The fourth-order valence-electron chi connectivity index (χ4n) is 3.42. The summed E-state index contributed by atoms with van der Waals surface area (Å²) in [5.41, 5.74) is 0.906. The van der Waals surface area contributed by atoms with E-state index in [1.807, 2.05) is 24.3 Å². The van der Waals surface area contributed by atoms with Gasteiger partial charge in [-0.05, 0) is 52.0 Å². The van der Waals surface area contributed by atoms with Gasteiger partial charge in [-0.15, -0.1) is 11.3 Å². The molecule has 7 heteroatoms. The van der Waals surface area contributed by atoms with Crippen LogP contribution >= 0.6 is 27.3 Å². The van der Waals surface area contributed by atoms with Crippen molar-refractivity contribution in [3.05, 3.63) is 56.2 Å². The monoisotopic (exact) mass is 404 g/mol. The number of hydrogen-bond donors (Lipinski definition) is 1. The minimum atomic E-state index is -1.01. The first-order chi connectivity index (χ1) is 11.5. The number of carbonyl (C=O) groups is 3. The molecule has 24 heavy (non-hydrogen) atoms. The van der Waals surface area contributed by atoms with E-state index in [-0.39, 0.29) is 18.2 Å². The van der Waals surface area contributed by atoms with E-state index in [1.165, 1.54) is 11.3 Å². The van der Waals surface area contributed by atoms with E-state index in [9.17, 15) is 14.4 Å². The summed E-state index contributed by atoms with van der Waals surface area (Å²) in [6.45, 7) is -0.235. The van der Waals surface area contributed by atoms with E-state index in [4.69, 9.17) is 0 Å². The summed E-state index contributed by atoms with van der Waals surface area (Å²) in [7, 11) is 0. The van der Waals surface area contributed by atoms with E-state index < -0.39 is 11.6 Å². The van der Waals surface area contributed by atoms with Gasteiger partial charge in [-0.2, -0.15) is 0 Å². The first kappa shape index (κ1) is 15.5. The molecule has 1 N–H and O–H groups in total. The summed E-state index contributed by atoms with van der Waals surface area (Å²) >= 11 is 4.60. The third-order valence-corrected chi connectivity index (χ3v) is 6.24. The van der Waals surface area contributed by atoms with Crippen molar-refractivity contribution in [2.45, 2.75) is 18.4 Å². The Balaban J connectivity index is 1.62.